The van der Waals surface area contributed by atoms with Crippen LogP contribution in [0.25, 0.3) is 0 Å². The lowest BCUT2D eigenvalue weighted by Gasteiger charge is -2.04. The molecular weight excluding hydrogens is 338 g/mol. The van der Waals surface area contributed by atoms with E-state index >= 15 is 0 Å². The molecule has 1 N–H and O–H groups in total. The molecule has 0 bridgehead atoms. The number of hydrogen-bond acceptors (Lipinski definition) is 2. The van der Waals surface area contributed by atoms with Crippen molar-refractivity contribution in [2.75, 3.05) is 5.32 Å². The Morgan fingerprint density at radius 1 is 1.00 bits per heavy atom. The van der Waals surface area contributed by atoms with Gasteiger partial charge in [0.2, 0.25) is 0 Å². The van der Waals surface area contributed by atoms with E-state index in [0.717, 1.165) is 16.7 Å². The van der Waals surface area contributed by atoms with Crippen molar-refractivity contribution in [1.82, 2.24) is 0 Å². The third-order valence-electron chi connectivity index (χ3n) is 1.94. The first-order chi connectivity index (χ1) is 7.24. The summed E-state index contributed by atoms with van der Waals surface area (Å²) >= 11 is 8.62. The van der Waals surface area contributed by atoms with E-state index in [9.17, 15) is 0 Å². The van der Waals surface area contributed by atoms with E-state index in [-0.39, 0.29) is 0 Å². The van der Waals surface area contributed by atoms with Gasteiger partial charge < -0.3 is 5.32 Å². The second-order valence-electron chi connectivity index (χ2n) is 3.07. The first-order valence-corrected chi connectivity index (χ1v) is 6.88. The molecular formula is C11H9Br2NS. The van der Waals surface area contributed by atoms with Crippen LogP contribution in [-0.2, 0) is 6.54 Å². The Kier molecular flexibility index (Phi) is 3.83. The maximum absolute atomic E-state index is 3.45. The predicted octanol–water partition coefficient (Wildman–Crippen LogP) is 4.89. The van der Waals surface area contributed by atoms with Crippen LogP contribution in [-0.4, -0.2) is 0 Å². The minimum atomic E-state index is 0.873. The molecule has 15 heavy (non-hydrogen) atoms. The lowest BCUT2D eigenvalue weighted by Crippen LogP contribution is -1.96. The van der Waals surface area contributed by atoms with Gasteiger partial charge in [0.1, 0.15) is 0 Å². The maximum atomic E-state index is 3.45. The van der Waals surface area contributed by atoms with Crippen LogP contribution in [0.4, 0.5) is 5.69 Å². The monoisotopic (exact) mass is 345 g/mol. The van der Waals surface area contributed by atoms with Gasteiger partial charge >= 0.3 is 0 Å². The van der Waals surface area contributed by atoms with E-state index in [1.165, 1.54) is 8.66 Å². The number of anilines is 1. The van der Waals surface area contributed by atoms with E-state index < -0.39 is 0 Å². The molecule has 0 radical (unpaired) electrons. The highest BCUT2D eigenvalue weighted by Crippen LogP contribution is 2.23. The number of halogens is 2. The second kappa shape index (κ2) is 5.14. The molecule has 1 aromatic carbocycles. The molecule has 0 unspecified atom stereocenters. The maximum Gasteiger partial charge on any atom is 0.0702 e. The van der Waals surface area contributed by atoms with Crippen LogP contribution in [0.3, 0.4) is 0 Å². The standard InChI is InChI=1S/C11H9Br2NS/c12-8-1-3-9(4-2-8)14-7-10-5-6-11(13)15-10/h1-6,14H,7H2. The fourth-order valence-electron chi connectivity index (χ4n) is 1.20. The minimum absolute atomic E-state index is 0.873. The van der Waals surface area contributed by atoms with Gasteiger partial charge in [0, 0.05) is 21.6 Å². The lowest BCUT2D eigenvalue weighted by atomic mass is 10.3. The third-order valence-corrected chi connectivity index (χ3v) is 4.09. The Hall–Kier alpha value is -0.320. The summed E-state index contributed by atoms with van der Waals surface area (Å²) in [6.07, 6.45) is 0. The molecule has 0 saturated carbocycles. The summed E-state index contributed by atoms with van der Waals surface area (Å²) in [7, 11) is 0. The molecule has 4 heteroatoms. The molecule has 1 nitrogen and oxygen atoms in total. The van der Waals surface area contributed by atoms with E-state index in [1.54, 1.807) is 11.3 Å². The van der Waals surface area contributed by atoms with Gasteiger partial charge in [0.05, 0.1) is 3.79 Å². The van der Waals surface area contributed by atoms with Crippen molar-refractivity contribution >= 4 is 48.9 Å². The fourth-order valence-corrected chi connectivity index (χ4v) is 2.89. The van der Waals surface area contributed by atoms with Crippen molar-refractivity contribution in [1.29, 1.82) is 0 Å². The highest BCUT2D eigenvalue weighted by molar-refractivity contribution is 9.11. The molecule has 1 aromatic heterocycles. The molecule has 1 heterocycles. The predicted molar refractivity (Wildman–Crippen MR) is 73.5 cm³/mol. The van der Waals surface area contributed by atoms with Crippen LogP contribution in [0, 0.1) is 0 Å². The van der Waals surface area contributed by atoms with Crippen LogP contribution < -0.4 is 5.32 Å². The smallest absolute Gasteiger partial charge is 0.0702 e. The van der Waals surface area contributed by atoms with Crippen molar-refractivity contribution in [3.05, 3.63) is 49.5 Å². The van der Waals surface area contributed by atoms with E-state index in [0.29, 0.717) is 0 Å². The Labute approximate surface area is 110 Å². The summed E-state index contributed by atoms with van der Waals surface area (Å²) in [6.45, 7) is 0.873. The Morgan fingerprint density at radius 2 is 1.73 bits per heavy atom. The quantitative estimate of drug-likeness (QED) is 0.834. The van der Waals surface area contributed by atoms with Crippen LogP contribution in [0.2, 0.25) is 0 Å². The average Bonchev–Trinajstić information content (AvgIpc) is 2.64. The van der Waals surface area contributed by atoms with Gasteiger partial charge in [-0.2, -0.15) is 0 Å². The zero-order chi connectivity index (χ0) is 10.7. The van der Waals surface area contributed by atoms with E-state index in [4.69, 9.17) is 0 Å². The average molecular weight is 347 g/mol. The summed E-state index contributed by atoms with van der Waals surface area (Å²) in [5.74, 6) is 0. The van der Waals surface area contributed by atoms with Gasteiger partial charge in [-0.1, -0.05) is 15.9 Å². The molecule has 0 spiro atoms. The Morgan fingerprint density at radius 3 is 2.33 bits per heavy atom. The van der Waals surface area contributed by atoms with Gasteiger partial charge in [-0.3, -0.25) is 0 Å². The highest BCUT2D eigenvalue weighted by Gasteiger charge is 1.97. The fraction of sp³-hybridized carbons (Fsp3) is 0.0909. The van der Waals surface area contributed by atoms with Crippen molar-refractivity contribution < 1.29 is 0 Å². The SMILES string of the molecule is Brc1ccc(NCc2ccc(Br)s2)cc1. The van der Waals surface area contributed by atoms with Crippen LogP contribution >= 0.6 is 43.2 Å². The Bertz CT molecular complexity index is 436. The van der Waals surface area contributed by atoms with Crippen LogP contribution in [0.1, 0.15) is 4.88 Å². The summed E-state index contributed by atoms with van der Waals surface area (Å²) < 4.78 is 2.28. The molecule has 78 valence electrons. The number of nitrogens with one attached hydrogen (secondary N) is 1. The highest BCUT2D eigenvalue weighted by atomic mass is 79.9. The van der Waals surface area contributed by atoms with Gasteiger partial charge in [-0.05, 0) is 52.3 Å². The molecule has 0 aliphatic rings. The van der Waals surface area contributed by atoms with Gasteiger partial charge in [-0.15, -0.1) is 11.3 Å². The van der Waals surface area contributed by atoms with Crippen molar-refractivity contribution in [2.24, 2.45) is 0 Å². The topological polar surface area (TPSA) is 12.0 Å². The summed E-state index contributed by atoms with van der Waals surface area (Å²) in [4.78, 5) is 1.32. The number of rotatable bonds is 3. The number of benzene rings is 1. The Balaban J connectivity index is 1.96. The van der Waals surface area contributed by atoms with Gasteiger partial charge in [0.25, 0.3) is 0 Å². The summed E-state index contributed by atoms with van der Waals surface area (Å²) in [5, 5.41) is 3.37. The zero-order valence-corrected chi connectivity index (χ0v) is 11.8. The molecule has 0 atom stereocenters. The summed E-state index contributed by atoms with van der Waals surface area (Å²) in [5.41, 5.74) is 1.14. The first-order valence-electron chi connectivity index (χ1n) is 4.48. The molecule has 2 rings (SSSR count). The molecule has 0 amide bonds. The van der Waals surface area contributed by atoms with Gasteiger partial charge in [-0.25, -0.2) is 0 Å². The minimum Gasteiger partial charge on any atom is -0.380 e. The molecule has 0 fully saturated rings. The van der Waals surface area contributed by atoms with Crippen molar-refractivity contribution in [2.45, 2.75) is 6.54 Å². The summed E-state index contributed by atoms with van der Waals surface area (Å²) in [6, 6.07) is 12.4. The van der Waals surface area contributed by atoms with Crippen molar-refractivity contribution in [3.63, 3.8) is 0 Å². The molecule has 0 saturated heterocycles. The van der Waals surface area contributed by atoms with E-state index in [1.807, 2.05) is 12.1 Å². The van der Waals surface area contributed by atoms with Crippen LogP contribution in [0.15, 0.2) is 44.7 Å². The van der Waals surface area contributed by atoms with Gasteiger partial charge in [0.15, 0.2) is 0 Å². The second-order valence-corrected chi connectivity index (χ2v) is 6.53. The van der Waals surface area contributed by atoms with Crippen LogP contribution in [0.5, 0.6) is 0 Å². The van der Waals surface area contributed by atoms with Crippen molar-refractivity contribution in [3.8, 4) is 0 Å². The molecule has 2 aromatic rings. The normalized spacial score (nSPS) is 10.3. The van der Waals surface area contributed by atoms with E-state index in [2.05, 4.69) is 61.4 Å². The largest absolute Gasteiger partial charge is 0.380 e. The molecule has 0 aliphatic carbocycles. The first kappa shape index (κ1) is 11.2. The number of hydrogen-bond donors (Lipinski definition) is 1. The third kappa shape index (κ3) is 3.33. The zero-order valence-electron chi connectivity index (χ0n) is 7.84. The molecule has 0 aliphatic heterocycles. The lowest BCUT2D eigenvalue weighted by molar-refractivity contribution is 1.19. The number of thiophene rings is 1.